The molecule has 7 nitrogen and oxygen atoms in total. The summed E-state index contributed by atoms with van der Waals surface area (Å²) in [5.74, 6) is 3.29. The fourth-order valence-electron chi connectivity index (χ4n) is 3.06. The van der Waals surface area contributed by atoms with Gasteiger partial charge in [-0.15, -0.1) is 24.0 Å². The lowest BCUT2D eigenvalue weighted by molar-refractivity contribution is 0.181. The molecule has 1 saturated heterocycles. The molecule has 1 heterocycles. The lowest BCUT2D eigenvalue weighted by atomic mass is 10.1. The van der Waals surface area contributed by atoms with Crippen LogP contribution in [0.4, 0.5) is 0 Å². The first-order chi connectivity index (χ1) is 12.1. The lowest BCUT2D eigenvalue weighted by Crippen LogP contribution is -2.41. The number of benzene rings is 1. The average molecular weight is 479 g/mol. The van der Waals surface area contributed by atoms with Crippen molar-refractivity contribution in [1.82, 2.24) is 10.2 Å². The molecule has 1 aromatic carbocycles. The number of nitrogens with zero attached hydrogens (tertiary/aromatic N) is 2. The summed E-state index contributed by atoms with van der Waals surface area (Å²) in [4.78, 5) is 6.50. The quantitative estimate of drug-likeness (QED) is 0.368. The fraction of sp³-hybridized carbons (Fsp3) is 0.611. The molecule has 2 rings (SSSR count). The van der Waals surface area contributed by atoms with E-state index in [1.807, 2.05) is 19.2 Å². The molecule has 1 aromatic rings. The number of ether oxygens (including phenoxy) is 4. The molecule has 26 heavy (non-hydrogen) atoms. The van der Waals surface area contributed by atoms with Gasteiger partial charge < -0.3 is 29.2 Å². The summed E-state index contributed by atoms with van der Waals surface area (Å²) in [6, 6.07) is 3.84. The summed E-state index contributed by atoms with van der Waals surface area (Å²) in [5.41, 5.74) is 0.971. The first-order valence-electron chi connectivity index (χ1n) is 8.41. The monoisotopic (exact) mass is 479 g/mol. The van der Waals surface area contributed by atoms with Gasteiger partial charge in [-0.1, -0.05) is 0 Å². The van der Waals surface area contributed by atoms with Gasteiger partial charge in [-0.25, -0.2) is 0 Å². The summed E-state index contributed by atoms with van der Waals surface area (Å²) in [6.45, 7) is 3.17. The number of aliphatic imine (C=N–C) groups is 1. The van der Waals surface area contributed by atoms with Crippen molar-refractivity contribution in [2.45, 2.75) is 13.0 Å². The third-order valence-electron chi connectivity index (χ3n) is 4.35. The molecule has 148 valence electrons. The third kappa shape index (κ3) is 5.54. The van der Waals surface area contributed by atoms with Crippen LogP contribution in [0.25, 0.3) is 0 Å². The van der Waals surface area contributed by atoms with Gasteiger partial charge in [0.2, 0.25) is 5.75 Å². The van der Waals surface area contributed by atoms with Gasteiger partial charge in [-0.3, -0.25) is 4.99 Å². The molecule has 8 heteroatoms. The molecule has 0 bridgehead atoms. The maximum atomic E-state index is 5.53. The average Bonchev–Trinajstić information content (AvgIpc) is 3.14. The van der Waals surface area contributed by atoms with Crippen LogP contribution in [0.2, 0.25) is 0 Å². The molecule has 0 amide bonds. The van der Waals surface area contributed by atoms with Crippen LogP contribution in [-0.2, 0) is 11.3 Å². The number of halogens is 1. The normalized spacial score (nSPS) is 16.7. The van der Waals surface area contributed by atoms with Crippen LogP contribution in [0.15, 0.2) is 17.1 Å². The van der Waals surface area contributed by atoms with Crippen molar-refractivity contribution >= 4 is 29.9 Å². The fourth-order valence-corrected chi connectivity index (χ4v) is 3.06. The SMILES string of the molecule is CN=C(NCc1ccc(OC)c(OC)c1OC)N(C)CC1CCOC1.I. The van der Waals surface area contributed by atoms with E-state index in [-0.39, 0.29) is 24.0 Å². The zero-order valence-electron chi connectivity index (χ0n) is 16.2. The molecule has 0 radical (unpaired) electrons. The minimum Gasteiger partial charge on any atom is -0.493 e. The molecule has 0 saturated carbocycles. The number of guanidine groups is 1. The van der Waals surface area contributed by atoms with Gasteiger partial charge in [0.1, 0.15) is 0 Å². The van der Waals surface area contributed by atoms with Gasteiger partial charge in [-0.05, 0) is 18.6 Å². The highest BCUT2D eigenvalue weighted by Crippen LogP contribution is 2.39. The first-order valence-corrected chi connectivity index (χ1v) is 8.41. The Hall–Kier alpha value is -1.42. The molecule has 1 fully saturated rings. The highest BCUT2D eigenvalue weighted by atomic mass is 127. The standard InChI is InChI=1S/C18H29N3O4.HI/c1-19-18(21(2)11-13-8-9-25-12-13)20-10-14-6-7-15(22-3)17(24-5)16(14)23-4;/h6-7,13H,8-12H2,1-5H3,(H,19,20);1H. The Kier molecular flexibility index (Phi) is 9.85. The summed E-state index contributed by atoms with van der Waals surface area (Å²) in [7, 11) is 8.67. The predicted molar refractivity (Wildman–Crippen MR) is 113 cm³/mol. The second kappa shape index (κ2) is 11.3. The number of methoxy groups -OCH3 is 3. The van der Waals surface area contributed by atoms with Crippen molar-refractivity contribution in [3.8, 4) is 17.2 Å². The lowest BCUT2D eigenvalue weighted by Gasteiger charge is -2.25. The zero-order valence-corrected chi connectivity index (χ0v) is 18.5. The number of nitrogens with one attached hydrogen (secondary N) is 1. The van der Waals surface area contributed by atoms with Crippen LogP contribution in [0, 0.1) is 5.92 Å². The van der Waals surface area contributed by atoms with E-state index in [1.165, 1.54) is 0 Å². The van der Waals surface area contributed by atoms with E-state index >= 15 is 0 Å². The Bertz CT molecular complexity index is 592. The van der Waals surface area contributed by atoms with Crippen LogP contribution in [0.1, 0.15) is 12.0 Å². The Balaban J connectivity index is 0.00000338. The zero-order chi connectivity index (χ0) is 18.2. The summed E-state index contributed by atoms with van der Waals surface area (Å²) in [6.07, 6.45) is 1.10. The van der Waals surface area contributed by atoms with E-state index in [1.54, 1.807) is 28.4 Å². The summed E-state index contributed by atoms with van der Waals surface area (Å²) in [5, 5.41) is 3.38. The maximum Gasteiger partial charge on any atom is 0.203 e. The highest BCUT2D eigenvalue weighted by Gasteiger charge is 2.20. The topological polar surface area (TPSA) is 64.6 Å². The largest absolute Gasteiger partial charge is 0.493 e. The second-order valence-corrected chi connectivity index (χ2v) is 6.00. The van der Waals surface area contributed by atoms with E-state index in [0.717, 1.165) is 37.7 Å². The highest BCUT2D eigenvalue weighted by molar-refractivity contribution is 14.0. The van der Waals surface area contributed by atoms with Gasteiger partial charge >= 0.3 is 0 Å². The third-order valence-corrected chi connectivity index (χ3v) is 4.35. The van der Waals surface area contributed by atoms with Crippen LogP contribution in [0.3, 0.4) is 0 Å². The van der Waals surface area contributed by atoms with Crippen LogP contribution >= 0.6 is 24.0 Å². The molecule has 1 unspecified atom stereocenters. The Morgan fingerprint density at radius 3 is 2.50 bits per heavy atom. The number of hydrogen-bond acceptors (Lipinski definition) is 5. The molecule has 1 aliphatic rings. The van der Waals surface area contributed by atoms with Crippen molar-refractivity contribution in [3.63, 3.8) is 0 Å². The van der Waals surface area contributed by atoms with Crippen molar-refractivity contribution in [3.05, 3.63) is 17.7 Å². The molecule has 1 atom stereocenters. The van der Waals surface area contributed by atoms with Crippen molar-refractivity contribution in [2.75, 3.05) is 55.2 Å². The molecule has 0 spiro atoms. The Labute approximate surface area is 173 Å². The molecule has 0 aliphatic carbocycles. The van der Waals surface area contributed by atoms with Crippen LogP contribution in [-0.4, -0.2) is 66.0 Å². The van der Waals surface area contributed by atoms with Crippen molar-refractivity contribution in [2.24, 2.45) is 10.9 Å². The van der Waals surface area contributed by atoms with E-state index in [4.69, 9.17) is 18.9 Å². The van der Waals surface area contributed by atoms with Gasteiger partial charge in [0.25, 0.3) is 0 Å². The van der Waals surface area contributed by atoms with Crippen LogP contribution < -0.4 is 19.5 Å². The van der Waals surface area contributed by atoms with E-state index in [2.05, 4.69) is 15.2 Å². The summed E-state index contributed by atoms with van der Waals surface area (Å²) < 4.78 is 21.7. The van der Waals surface area contributed by atoms with Crippen LogP contribution in [0.5, 0.6) is 17.2 Å². The predicted octanol–water partition coefficient (Wildman–Crippen LogP) is 2.37. The van der Waals surface area contributed by atoms with E-state index in [9.17, 15) is 0 Å². The van der Waals surface area contributed by atoms with Gasteiger partial charge in [-0.2, -0.15) is 0 Å². The van der Waals surface area contributed by atoms with E-state index in [0.29, 0.717) is 29.7 Å². The van der Waals surface area contributed by atoms with Gasteiger partial charge in [0, 0.05) is 45.3 Å². The molecule has 1 aliphatic heterocycles. The molecule has 1 N–H and O–H groups in total. The molecule has 0 aromatic heterocycles. The Morgan fingerprint density at radius 2 is 1.96 bits per heavy atom. The van der Waals surface area contributed by atoms with Crippen molar-refractivity contribution in [1.29, 1.82) is 0 Å². The van der Waals surface area contributed by atoms with E-state index < -0.39 is 0 Å². The minimum absolute atomic E-state index is 0. The second-order valence-electron chi connectivity index (χ2n) is 6.00. The van der Waals surface area contributed by atoms with Crippen molar-refractivity contribution < 1.29 is 18.9 Å². The number of rotatable bonds is 7. The smallest absolute Gasteiger partial charge is 0.203 e. The van der Waals surface area contributed by atoms with Gasteiger partial charge in [0.15, 0.2) is 17.5 Å². The first kappa shape index (κ1) is 22.6. The minimum atomic E-state index is 0. The molecular formula is C18H30IN3O4. The Morgan fingerprint density at radius 1 is 1.23 bits per heavy atom. The summed E-state index contributed by atoms with van der Waals surface area (Å²) >= 11 is 0. The molecular weight excluding hydrogens is 449 g/mol. The maximum absolute atomic E-state index is 5.53. The van der Waals surface area contributed by atoms with Gasteiger partial charge in [0.05, 0.1) is 27.9 Å². The number of hydrogen-bond donors (Lipinski definition) is 1.